The third-order valence-electron chi connectivity index (χ3n) is 3.15. The van der Waals surface area contributed by atoms with E-state index in [2.05, 4.69) is 27.7 Å². The maximum atomic E-state index is 11.4. The average Bonchev–Trinajstić information content (AvgIpc) is 2.34. The van der Waals surface area contributed by atoms with E-state index in [1.54, 1.807) is 0 Å². The predicted octanol–water partition coefficient (Wildman–Crippen LogP) is 4.40. The highest BCUT2D eigenvalue weighted by Crippen LogP contribution is 2.33. The summed E-state index contributed by atoms with van der Waals surface area (Å²) in [6.45, 7) is 9.00. The zero-order chi connectivity index (χ0) is 13.8. The van der Waals surface area contributed by atoms with Crippen molar-refractivity contribution in [3.8, 4) is 0 Å². The van der Waals surface area contributed by atoms with Gasteiger partial charge >= 0.3 is 5.97 Å². The maximum absolute atomic E-state index is 11.4. The molecule has 0 aromatic heterocycles. The Bertz CT molecular complexity index is 385. The highest BCUT2D eigenvalue weighted by Gasteiger charge is 2.19. The van der Waals surface area contributed by atoms with Crippen LogP contribution in [0.15, 0.2) is 24.3 Å². The monoisotopic (exact) mass is 248 g/mol. The van der Waals surface area contributed by atoms with Crippen LogP contribution in [-0.2, 0) is 4.74 Å². The molecular weight excluding hydrogens is 224 g/mol. The second-order valence-electron chi connectivity index (χ2n) is 5.98. The molecule has 0 aliphatic carbocycles. The molecule has 1 unspecified atom stereocenters. The van der Waals surface area contributed by atoms with Crippen molar-refractivity contribution in [2.45, 2.75) is 46.5 Å². The molecule has 18 heavy (non-hydrogen) atoms. The normalized spacial score (nSPS) is 13.2. The van der Waals surface area contributed by atoms with Crippen LogP contribution in [0.5, 0.6) is 0 Å². The third kappa shape index (κ3) is 4.17. The molecule has 0 aliphatic rings. The van der Waals surface area contributed by atoms with Gasteiger partial charge in [0.1, 0.15) is 0 Å². The van der Waals surface area contributed by atoms with E-state index in [1.165, 1.54) is 12.7 Å². The van der Waals surface area contributed by atoms with E-state index in [0.717, 1.165) is 12.8 Å². The summed E-state index contributed by atoms with van der Waals surface area (Å²) in [5, 5.41) is 0. The first-order chi connectivity index (χ1) is 8.37. The number of carbonyl (C=O) groups excluding carboxylic acids is 1. The smallest absolute Gasteiger partial charge is 0.337 e. The summed E-state index contributed by atoms with van der Waals surface area (Å²) in [6, 6.07) is 7.80. The summed E-state index contributed by atoms with van der Waals surface area (Å²) in [4.78, 5) is 11.4. The molecule has 0 saturated carbocycles. The van der Waals surface area contributed by atoms with Crippen LogP contribution in [0.25, 0.3) is 0 Å². The maximum Gasteiger partial charge on any atom is 0.337 e. The van der Waals surface area contributed by atoms with Crippen LogP contribution in [0.3, 0.4) is 0 Å². The molecule has 0 saturated heterocycles. The third-order valence-corrected chi connectivity index (χ3v) is 3.15. The van der Waals surface area contributed by atoms with E-state index < -0.39 is 0 Å². The number of hydrogen-bond donors (Lipinski definition) is 0. The summed E-state index contributed by atoms with van der Waals surface area (Å²) in [5.74, 6) is 0.280. The Morgan fingerprint density at radius 2 is 1.78 bits per heavy atom. The Morgan fingerprint density at radius 1 is 1.22 bits per heavy atom. The first-order valence-electron chi connectivity index (χ1n) is 6.55. The van der Waals surface area contributed by atoms with Gasteiger partial charge in [0, 0.05) is 0 Å². The van der Waals surface area contributed by atoms with Crippen LogP contribution in [0.4, 0.5) is 0 Å². The van der Waals surface area contributed by atoms with Gasteiger partial charge in [-0.15, -0.1) is 0 Å². The van der Waals surface area contributed by atoms with Crippen LogP contribution in [0.1, 0.15) is 62.4 Å². The van der Waals surface area contributed by atoms with Crippen LogP contribution in [0.2, 0.25) is 0 Å². The molecule has 0 radical (unpaired) electrons. The van der Waals surface area contributed by atoms with E-state index in [0.29, 0.717) is 16.9 Å². The second kappa shape index (κ2) is 6.03. The van der Waals surface area contributed by atoms with Gasteiger partial charge in [-0.1, -0.05) is 39.8 Å². The molecule has 0 fully saturated rings. The van der Waals surface area contributed by atoms with E-state index >= 15 is 0 Å². The fourth-order valence-corrected chi connectivity index (χ4v) is 2.25. The largest absolute Gasteiger partial charge is 0.465 e. The SMILES string of the molecule is CCC(CC(C)(C)C)c1ccc(C(=O)OC)cc1. The van der Waals surface area contributed by atoms with E-state index in [1.807, 2.05) is 24.3 Å². The predicted molar refractivity (Wildman–Crippen MR) is 74.9 cm³/mol. The van der Waals surface area contributed by atoms with Gasteiger partial charge < -0.3 is 4.74 Å². The summed E-state index contributed by atoms with van der Waals surface area (Å²) in [7, 11) is 1.41. The zero-order valence-electron chi connectivity index (χ0n) is 12.1. The molecule has 100 valence electrons. The van der Waals surface area contributed by atoms with E-state index in [9.17, 15) is 4.79 Å². The molecule has 0 aliphatic heterocycles. The van der Waals surface area contributed by atoms with Gasteiger partial charge in [-0.3, -0.25) is 0 Å². The lowest BCUT2D eigenvalue weighted by molar-refractivity contribution is 0.0600. The minimum atomic E-state index is -0.273. The first-order valence-corrected chi connectivity index (χ1v) is 6.55. The molecule has 1 aromatic carbocycles. The molecule has 1 atom stereocenters. The van der Waals surface area contributed by atoms with Gasteiger partial charge in [0.15, 0.2) is 0 Å². The zero-order valence-corrected chi connectivity index (χ0v) is 12.1. The van der Waals surface area contributed by atoms with Gasteiger partial charge in [-0.2, -0.15) is 0 Å². The van der Waals surface area contributed by atoms with Crippen molar-refractivity contribution < 1.29 is 9.53 Å². The molecule has 1 aromatic rings. The van der Waals surface area contributed by atoms with E-state index in [-0.39, 0.29) is 5.97 Å². The fraction of sp³-hybridized carbons (Fsp3) is 0.562. The van der Waals surface area contributed by atoms with Crippen molar-refractivity contribution in [3.05, 3.63) is 35.4 Å². The lowest BCUT2D eigenvalue weighted by atomic mass is 9.80. The summed E-state index contributed by atoms with van der Waals surface area (Å²) >= 11 is 0. The summed E-state index contributed by atoms with van der Waals surface area (Å²) < 4.78 is 4.70. The van der Waals surface area contributed by atoms with Crippen molar-refractivity contribution in [2.75, 3.05) is 7.11 Å². The standard InChI is InChI=1S/C16H24O2/c1-6-12(11-16(2,3)4)13-7-9-14(10-8-13)15(17)18-5/h7-10,12H,6,11H2,1-5H3. The highest BCUT2D eigenvalue weighted by atomic mass is 16.5. The van der Waals surface area contributed by atoms with Crippen molar-refractivity contribution >= 4 is 5.97 Å². The molecule has 0 amide bonds. The van der Waals surface area contributed by atoms with E-state index in [4.69, 9.17) is 4.74 Å². The Kier molecular flexibility index (Phi) is 4.94. The van der Waals surface area contributed by atoms with Crippen molar-refractivity contribution in [2.24, 2.45) is 5.41 Å². The number of benzene rings is 1. The molecule has 2 nitrogen and oxygen atoms in total. The number of hydrogen-bond acceptors (Lipinski definition) is 2. The highest BCUT2D eigenvalue weighted by molar-refractivity contribution is 5.89. The minimum absolute atomic E-state index is 0.273. The van der Waals surface area contributed by atoms with Crippen molar-refractivity contribution in [3.63, 3.8) is 0 Å². The number of methoxy groups -OCH3 is 1. The molecule has 2 heteroatoms. The number of rotatable bonds is 4. The van der Waals surface area contributed by atoms with Crippen LogP contribution in [-0.4, -0.2) is 13.1 Å². The number of ether oxygens (including phenoxy) is 1. The summed E-state index contributed by atoms with van der Waals surface area (Å²) in [5.41, 5.74) is 2.24. The Hall–Kier alpha value is -1.31. The second-order valence-corrected chi connectivity index (χ2v) is 5.98. The molecule has 0 bridgehead atoms. The van der Waals surface area contributed by atoms with Gasteiger partial charge in [-0.25, -0.2) is 4.79 Å². The Labute approximate surface area is 110 Å². The van der Waals surface area contributed by atoms with Gasteiger partial charge in [0.2, 0.25) is 0 Å². The van der Waals surface area contributed by atoms with Crippen LogP contribution >= 0.6 is 0 Å². The molecule has 1 rings (SSSR count). The lowest BCUT2D eigenvalue weighted by Gasteiger charge is -2.25. The molecule has 0 spiro atoms. The lowest BCUT2D eigenvalue weighted by Crippen LogP contribution is -2.12. The number of esters is 1. The Morgan fingerprint density at radius 3 is 2.17 bits per heavy atom. The summed E-state index contributed by atoms with van der Waals surface area (Å²) in [6.07, 6.45) is 2.27. The van der Waals surface area contributed by atoms with Crippen LogP contribution in [0, 0.1) is 5.41 Å². The average molecular weight is 248 g/mol. The Balaban J connectivity index is 2.85. The minimum Gasteiger partial charge on any atom is -0.465 e. The van der Waals surface area contributed by atoms with Gasteiger partial charge in [0.25, 0.3) is 0 Å². The van der Waals surface area contributed by atoms with Gasteiger partial charge in [-0.05, 0) is 41.9 Å². The topological polar surface area (TPSA) is 26.3 Å². The molecular formula is C16H24O2. The quantitative estimate of drug-likeness (QED) is 0.738. The van der Waals surface area contributed by atoms with Crippen molar-refractivity contribution in [1.82, 2.24) is 0 Å². The first kappa shape index (κ1) is 14.7. The number of carbonyl (C=O) groups is 1. The van der Waals surface area contributed by atoms with Crippen molar-refractivity contribution in [1.29, 1.82) is 0 Å². The molecule has 0 heterocycles. The van der Waals surface area contributed by atoms with Crippen LogP contribution < -0.4 is 0 Å². The van der Waals surface area contributed by atoms with Gasteiger partial charge in [0.05, 0.1) is 12.7 Å². The fourth-order valence-electron chi connectivity index (χ4n) is 2.25. The molecule has 0 N–H and O–H groups in total.